The predicted octanol–water partition coefficient (Wildman–Crippen LogP) is 1.56. The fraction of sp³-hybridized carbons (Fsp3) is 0. The Labute approximate surface area is 111 Å². The molecule has 8 heteroatoms. The van der Waals surface area contributed by atoms with Gasteiger partial charge in [0, 0.05) is 12.4 Å². The second kappa shape index (κ2) is 4.29. The molecule has 7 nitrogen and oxygen atoms in total. The number of pyridine rings is 1. The number of rotatable bonds is 2. The van der Waals surface area contributed by atoms with Crippen molar-refractivity contribution >= 4 is 28.6 Å². The van der Waals surface area contributed by atoms with Gasteiger partial charge in [-0.2, -0.15) is 15.1 Å². The molecule has 0 aliphatic rings. The van der Waals surface area contributed by atoms with Crippen LogP contribution in [0.4, 0.5) is 0 Å². The van der Waals surface area contributed by atoms with Crippen molar-refractivity contribution in [2.75, 3.05) is 0 Å². The molecule has 0 aliphatic heterocycles. The molecule has 0 spiro atoms. The number of carboxylic acid groups (broad SMARTS) is 1. The lowest BCUT2D eigenvalue weighted by molar-refractivity contribution is 0.0690. The second-order valence-electron chi connectivity index (χ2n) is 3.64. The molecule has 3 aromatic heterocycles. The molecule has 0 unspecified atom stereocenters. The number of aromatic nitrogens is 5. The first kappa shape index (κ1) is 11.5. The van der Waals surface area contributed by atoms with E-state index in [-0.39, 0.29) is 11.0 Å². The SMILES string of the molecule is O=C(O)c1ccn(-c2nc(Cl)nc3ncccc23)n1. The molecule has 94 valence electrons. The number of hydrogen-bond acceptors (Lipinski definition) is 5. The highest BCUT2D eigenvalue weighted by Crippen LogP contribution is 2.19. The van der Waals surface area contributed by atoms with Crippen molar-refractivity contribution in [3.8, 4) is 5.82 Å². The maximum absolute atomic E-state index is 10.8. The van der Waals surface area contributed by atoms with Crippen LogP contribution in [0, 0.1) is 0 Å². The van der Waals surface area contributed by atoms with Gasteiger partial charge in [0.05, 0.1) is 5.39 Å². The van der Waals surface area contributed by atoms with E-state index in [0.29, 0.717) is 16.9 Å². The van der Waals surface area contributed by atoms with E-state index in [1.54, 1.807) is 18.3 Å². The summed E-state index contributed by atoms with van der Waals surface area (Å²) in [6.07, 6.45) is 3.08. The Hall–Kier alpha value is -2.54. The van der Waals surface area contributed by atoms with E-state index in [9.17, 15) is 4.79 Å². The summed E-state index contributed by atoms with van der Waals surface area (Å²) < 4.78 is 1.33. The zero-order valence-electron chi connectivity index (χ0n) is 9.36. The summed E-state index contributed by atoms with van der Waals surface area (Å²) in [5, 5.41) is 13.4. The highest BCUT2D eigenvalue weighted by molar-refractivity contribution is 6.28. The highest BCUT2D eigenvalue weighted by atomic mass is 35.5. The molecule has 0 amide bonds. The zero-order valence-corrected chi connectivity index (χ0v) is 10.1. The van der Waals surface area contributed by atoms with Gasteiger partial charge in [-0.1, -0.05) is 0 Å². The molecule has 1 N–H and O–H groups in total. The van der Waals surface area contributed by atoms with Crippen LogP contribution in [0.2, 0.25) is 5.28 Å². The minimum absolute atomic E-state index is 0.0218. The minimum Gasteiger partial charge on any atom is -0.476 e. The first-order valence-corrected chi connectivity index (χ1v) is 5.60. The van der Waals surface area contributed by atoms with Crippen molar-refractivity contribution in [2.45, 2.75) is 0 Å². The topological polar surface area (TPSA) is 93.8 Å². The summed E-state index contributed by atoms with van der Waals surface area (Å²) in [7, 11) is 0. The van der Waals surface area contributed by atoms with E-state index in [1.807, 2.05) is 0 Å². The lowest BCUT2D eigenvalue weighted by Crippen LogP contribution is -2.04. The zero-order chi connectivity index (χ0) is 13.4. The van der Waals surface area contributed by atoms with Crippen molar-refractivity contribution in [2.24, 2.45) is 0 Å². The van der Waals surface area contributed by atoms with E-state index >= 15 is 0 Å². The third-order valence-electron chi connectivity index (χ3n) is 2.45. The number of aromatic carboxylic acids is 1. The number of fused-ring (bicyclic) bond motifs is 1. The van der Waals surface area contributed by atoms with Crippen LogP contribution in [0.15, 0.2) is 30.6 Å². The van der Waals surface area contributed by atoms with Gasteiger partial charge in [0.1, 0.15) is 0 Å². The van der Waals surface area contributed by atoms with Crippen molar-refractivity contribution in [1.82, 2.24) is 24.7 Å². The fourth-order valence-corrected chi connectivity index (χ4v) is 1.81. The fourth-order valence-electron chi connectivity index (χ4n) is 1.65. The Kier molecular flexibility index (Phi) is 2.60. The quantitative estimate of drug-likeness (QED) is 0.713. The largest absolute Gasteiger partial charge is 0.476 e. The van der Waals surface area contributed by atoms with Crippen molar-refractivity contribution in [3.63, 3.8) is 0 Å². The van der Waals surface area contributed by atoms with E-state index < -0.39 is 5.97 Å². The van der Waals surface area contributed by atoms with E-state index in [4.69, 9.17) is 16.7 Å². The van der Waals surface area contributed by atoms with Gasteiger partial charge in [0.15, 0.2) is 17.2 Å². The predicted molar refractivity (Wildman–Crippen MR) is 66.4 cm³/mol. The van der Waals surface area contributed by atoms with Gasteiger partial charge in [-0.3, -0.25) is 0 Å². The maximum atomic E-state index is 10.8. The molecule has 0 aliphatic carbocycles. The first-order chi connectivity index (χ1) is 9.15. The van der Waals surface area contributed by atoms with Crippen LogP contribution in [-0.2, 0) is 0 Å². The molecule has 0 bridgehead atoms. The van der Waals surface area contributed by atoms with Gasteiger partial charge in [-0.25, -0.2) is 14.5 Å². The molecule has 0 fully saturated rings. The second-order valence-corrected chi connectivity index (χ2v) is 3.98. The third kappa shape index (κ3) is 2.00. The Morgan fingerprint density at radius 3 is 2.89 bits per heavy atom. The van der Waals surface area contributed by atoms with Gasteiger partial charge in [-0.15, -0.1) is 0 Å². The molecule has 0 atom stereocenters. The summed E-state index contributed by atoms with van der Waals surface area (Å²) in [6, 6.07) is 4.86. The molecular formula is C11H6ClN5O2. The van der Waals surface area contributed by atoms with Crippen LogP contribution < -0.4 is 0 Å². The number of halogens is 1. The standard InChI is InChI=1S/C11H6ClN5O2/c12-11-14-8-6(2-1-4-13-8)9(15-11)17-5-3-7(16-17)10(18)19/h1-5H,(H,18,19). The highest BCUT2D eigenvalue weighted by Gasteiger charge is 2.13. The summed E-state index contributed by atoms with van der Waals surface area (Å²) in [5.41, 5.74) is 0.344. The van der Waals surface area contributed by atoms with Crippen molar-refractivity contribution < 1.29 is 9.90 Å². The van der Waals surface area contributed by atoms with E-state index in [1.165, 1.54) is 16.9 Å². The van der Waals surface area contributed by atoms with Crippen molar-refractivity contribution in [1.29, 1.82) is 0 Å². The molecular weight excluding hydrogens is 270 g/mol. The summed E-state index contributed by atoms with van der Waals surface area (Å²) in [4.78, 5) is 23.0. The molecule has 0 aromatic carbocycles. The molecule has 3 rings (SSSR count). The Morgan fingerprint density at radius 1 is 1.32 bits per heavy atom. The number of hydrogen-bond donors (Lipinski definition) is 1. The van der Waals surface area contributed by atoms with E-state index in [2.05, 4.69) is 20.1 Å². The molecule has 3 aromatic rings. The number of carboxylic acids is 1. The Morgan fingerprint density at radius 2 is 2.16 bits per heavy atom. The smallest absolute Gasteiger partial charge is 0.356 e. The Bertz CT molecular complexity index is 786. The van der Waals surface area contributed by atoms with Gasteiger partial charge in [-0.05, 0) is 29.8 Å². The summed E-state index contributed by atoms with van der Waals surface area (Å²) in [6.45, 7) is 0. The molecule has 3 heterocycles. The van der Waals surface area contributed by atoms with Crippen LogP contribution in [0.5, 0.6) is 0 Å². The maximum Gasteiger partial charge on any atom is 0.356 e. The van der Waals surface area contributed by atoms with Gasteiger partial charge in [0.25, 0.3) is 0 Å². The summed E-state index contributed by atoms with van der Waals surface area (Å²) >= 11 is 5.82. The van der Waals surface area contributed by atoms with E-state index in [0.717, 1.165) is 0 Å². The first-order valence-electron chi connectivity index (χ1n) is 5.23. The van der Waals surface area contributed by atoms with Gasteiger partial charge in [0.2, 0.25) is 5.28 Å². The van der Waals surface area contributed by atoms with Crippen LogP contribution in [-0.4, -0.2) is 35.8 Å². The van der Waals surface area contributed by atoms with Crippen LogP contribution in [0.1, 0.15) is 10.5 Å². The molecule has 0 radical (unpaired) electrons. The van der Waals surface area contributed by atoms with Crippen LogP contribution in [0.25, 0.3) is 16.9 Å². The van der Waals surface area contributed by atoms with Crippen LogP contribution >= 0.6 is 11.6 Å². The number of nitrogens with zero attached hydrogens (tertiary/aromatic N) is 5. The lowest BCUT2D eigenvalue weighted by atomic mass is 10.3. The molecule has 0 saturated carbocycles. The number of carbonyl (C=O) groups is 1. The lowest BCUT2D eigenvalue weighted by Gasteiger charge is -2.04. The van der Waals surface area contributed by atoms with Crippen LogP contribution in [0.3, 0.4) is 0 Å². The minimum atomic E-state index is -1.11. The molecule has 0 saturated heterocycles. The molecule has 19 heavy (non-hydrogen) atoms. The summed E-state index contributed by atoms with van der Waals surface area (Å²) in [5.74, 6) is -0.725. The van der Waals surface area contributed by atoms with Gasteiger partial charge >= 0.3 is 5.97 Å². The van der Waals surface area contributed by atoms with Gasteiger partial charge < -0.3 is 5.11 Å². The normalized spacial score (nSPS) is 10.8. The monoisotopic (exact) mass is 275 g/mol. The van der Waals surface area contributed by atoms with Crippen molar-refractivity contribution in [3.05, 3.63) is 41.6 Å². The average molecular weight is 276 g/mol. The third-order valence-corrected chi connectivity index (χ3v) is 2.62. The average Bonchev–Trinajstić information content (AvgIpc) is 2.87. The Balaban J connectivity index is 2.26.